The molecule has 0 unspecified atom stereocenters. The van der Waals surface area contributed by atoms with Crippen molar-refractivity contribution in [2.75, 3.05) is 6.61 Å². The van der Waals surface area contributed by atoms with Crippen molar-refractivity contribution in [1.82, 2.24) is 0 Å². The van der Waals surface area contributed by atoms with Crippen molar-refractivity contribution < 1.29 is 19.4 Å². The molecule has 0 saturated carbocycles. The quantitative estimate of drug-likeness (QED) is 0.791. The van der Waals surface area contributed by atoms with Crippen LogP contribution in [-0.4, -0.2) is 23.5 Å². The standard InChI is InChI=1S/C11H12O4/c1-8(12)6-9-2-4-10(5-3-9)15-7-11(13)14/h2-5H,6-7H2,1H3,(H,13,14). The normalized spacial score (nSPS) is 9.67. The second-order valence-electron chi connectivity index (χ2n) is 3.21. The Hall–Kier alpha value is -1.84. The number of ether oxygens (including phenoxy) is 1. The highest BCUT2D eigenvalue weighted by molar-refractivity contribution is 5.78. The summed E-state index contributed by atoms with van der Waals surface area (Å²) in [5, 5.41) is 8.38. The fourth-order valence-corrected chi connectivity index (χ4v) is 1.14. The lowest BCUT2D eigenvalue weighted by molar-refractivity contribution is -0.139. The molecule has 0 aliphatic heterocycles. The molecule has 15 heavy (non-hydrogen) atoms. The molecule has 4 nitrogen and oxygen atoms in total. The second-order valence-corrected chi connectivity index (χ2v) is 3.21. The molecule has 0 aliphatic carbocycles. The first-order valence-electron chi connectivity index (χ1n) is 4.51. The molecule has 4 heteroatoms. The summed E-state index contributed by atoms with van der Waals surface area (Å²) < 4.78 is 4.94. The fraction of sp³-hybridized carbons (Fsp3) is 0.273. The molecule has 0 atom stereocenters. The van der Waals surface area contributed by atoms with Crippen LogP contribution in [0.5, 0.6) is 5.75 Å². The van der Waals surface area contributed by atoms with Crippen molar-refractivity contribution in [3.63, 3.8) is 0 Å². The van der Waals surface area contributed by atoms with Crippen molar-refractivity contribution in [3.8, 4) is 5.75 Å². The summed E-state index contributed by atoms with van der Waals surface area (Å²) in [4.78, 5) is 21.0. The van der Waals surface area contributed by atoms with E-state index >= 15 is 0 Å². The summed E-state index contributed by atoms with van der Waals surface area (Å²) in [5.41, 5.74) is 0.894. The number of rotatable bonds is 5. The third kappa shape index (κ3) is 4.26. The Bertz CT molecular complexity index is 353. The maximum atomic E-state index is 10.8. The van der Waals surface area contributed by atoms with E-state index in [1.54, 1.807) is 24.3 Å². The monoisotopic (exact) mass is 208 g/mol. The first kappa shape index (κ1) is 11.2. The second kappa shape index (κ2) is 5.14. The fourth-order valence-electron chi connectivity index (χ4n) is 1.14. The van der Waals surface area contributed by atoms with E-state index in [9.17, 15) is 9.59 Å². The molecule has 0 heterocycles. The third-order valence-corrected chi connectivity index (χ3v) is 1.74. The molecule has 0 aromatic heterocycles. The van der Waals surface area contributed by atoms with Crippen LogP contribution in [-0.2, 0) is 16.0 Å². The molecule has 1 aromatic carbocycles. The zero-order valence-corrected chi connectivity index (χ0v) is 8.40. The maximum absolute atomic E-state index is 10.8. The molecule has 0 saturated heterocycles. The van der Waals surface area contributed by atoms with Crippen LogP contribution in [0.4, 0.5) is 0 Å². The lowest BCUT2D eigenvalue weighted by Gasteiger charge is -2.03. The highest BCUT2D eigenvalue weighted by Crippen LogP contribution is 2.12. The van der Waals surface area contributed by atoms with E-state index in [1.807, 2.05) is 0 Å². The molecular formula is C11H12O4. The summed E-state index contributed by atoms with van der Waals surface area (Å²) in [6, 6.07) is 6.81. The van der Waals surface area contributed by atoms with Gasteiger partial charge in [0.1, 0.15) is 11.5 Å². The Balaban J connectivity index is 2.56. The highest BCUT2D eigenvalue weighted by atomic mass is 16.5. The van der Waals surface area contributed by atoms with Gasteiger partial charge >= 0.3 is 5.97 Å². The van der Waals surface area contributed by atoms with Crippen LogP contribution in [0, 0.1) is 0 Å². The maximum Gasteiger partial charge on any atom is 0.341 e. The minimum atomic E-state index is -1.01. The van der Waals surface area contributed by atoms with Crippen LogP contribution in [0.3, 0.4) is 0 Å². The SMILES string of the molecule is CC(=O)Cc1ccc(OCC(=O)O)cc1. The van der Waals surface area contributed by atoms with Gasteiger partial charge in [0.25, 0.3) is 0 Å². The van der Waals surface area contributed by atoms with Gasteiger partial charge in [-0.25, -0.2) is 4.79 Å². The third-order valence-electron chi connectivity index (χ3n) is 1.74. The zero-order valence-electron chi connectivity index (χ0n) is 8.40. The van der Waals surface area contributed by atoms with E-state index in [-0.39, 0.29) is 12.4 Å². The topological polar surface area (TPSA) is 63.6 Å². The lowest BCUT2D eigenvalue weighted by atomic mass is 10.1. The zero-order chi connectivity index (χ0) is 11.3. The molecular weight excluding hydrogens is 196 g/mol. The lowest BCUT2D eigenvalue weighted by Crippen LogP contribution is -2.09. The van der Waals surface area contributed by atoms with Crippen molar-refractivity contribution >= 4 is 11.8 Å². The molecule has 0 spiro atoms. The molecule has 1 aromatic rings. The minimum absolute atomic E-state index is 0.0919. The van der Waals surface area contributed by atoms with Crippen LogP contribution in [0.15, 0.2) is 24.3 Å². The van der Waals surface area contributed by atoms with Gasteiger partial charge in [0, 0.05) is 6.42 Å². The Morgan fingerprint density at radius 2 is 1.87 bits per heavy atom. The van der Waals surface area contributed by atoms with E-state index in [2.05, 4.69) is 0 Å². The van der Waals surface area contributed by atoms with Crippen LogP contribution in [0.1, 0.15) is 12.5 Å². The van der Waals surface area contributed by atoms with Gasteiger partial charge in [-0.1, -0.05) is 12.1 Å². The first-order valence-corrected chi connectivity index (χ1v) is 4.51. The van der Waals surface area contributed by atoms with Gasteiger partial charge in [0.2, 0.25) is 0 Å². The predicted molar refractivity (Wildman–Crippen MR) is 54.0 cm³/mol. The van der Waals surface area contributed by atoms with Gasteiger partial charge < -0.3 is 9.84 Å². The van der Waals surface area contributed by atoms with Gasteiger partial charge in [0.05, 0.1) is 0 Å². The number of hydrogen-bond donors (Lipinski definition) is 1. The van der Waals surface area contributed by atoms with Gasteiger partial charge in [-0.2, -0.15) is 0 Å². The number of hydrogen-bond acceptors (Lipinski definition) is 3. The number of carboxylic acid groups (broad SMARTS) is 1. The van der Waals surface area contributed by atoms with Crippen LogP contribution in [0.25, 0.3) is 0 Å². The van der Waals surface area contributed by atoms with E-state index in [4.69, 9.17) is 9.84 Å². The summed E-state index contributed by atoms with van der Waals surface area (Å²) in [6.45, 7) is 1.17. The summed E-state index contributed by atoms with van der Waals surface area (Å²) in [6.07, 6.45) is 0.388. The molecule has 1 N–H and O–H groups in total. The van der Waals surface area contributed by atoms with E-state index < -0.39 is 5.97 Å². The van der Waals surface area contributed by atoms with Crippen molar-refractivity contribution in [3.05, 3.63) is 29.8 Å². The molecule has 0 bridgehead atoms. The van der Waals surface area contributed by atoms with E-state index in [0.717, 1.165) is 5.56 Å². The van der Waals surface area contributed by atoms with Gasteiger partial charge in [-0.3, -0.25) is 4.79 Å². The van der Waals surface area contributed by atoms with Crippen LogP contribution >= 0.6 is 0 Å². The van der Waals surface area contributed by atoms with E-state index in [0.29, 0.717) is 12.2 Å². The average Bonchev–Trinajstić information content (AvgIpc) is 2.16. The number of carboxylic acids is 1. The number of ketones is 1. The van der Waals surface area contributed by atoms with Crippen molar-refractivity contribution in [1.29, 1.82) is 0 Å². The summed E-state index contributed by atoms with van der Waals surface area (Å²) in [5.74, 6) is -0.429. The predicted octanol–water partition coefficient (Wildman–Crippen LogP) is 1.28. The highest BCUT2D eigenvalue weighted by Gasteiger charge is 2.00. The van der Waals surface area contributed by atoms with E-state index in [1.165, 1.54) is 6.92 Å². The number of Topliss-reactive ketones (excluding diaryl/α,β-unsaturated/α-hetero) is 1. The number of aliphatic carboxylic acids is 1. The molecule has 1 rings (SSSR count). The Morgan fingerprint density at radius 1 is 1.27 bits per heavy atom. The molecule has 0 aliphatic rings. The van der Waals surface area contributed by atoms with Crippen molar-refractivity contribution in [2.45, 2.75) is 13.3 Å². The van der Waals surface area contributed by atoms with Gasteiger partial charge in [0.15, 0.2) is 6.61 Å². The number of carbonyl (C=O) groups is 2. The molecule has 0 radical (unpaired) electrons. The number of benzene rings is 1. The number of carbonyl (C=O) groups excluding carboxylic acids is 1. The Morgan fingerprint density at radius 3 is 2.33 bits per heavy atom. The van der Waals surface area contributed by atoms with Gasteiger partial charge in [-0.15, -0.1) is 0 Å². The summed E-state index contributed by atoms with van der Waals surface area (Å²) in [7, 11) is 0. The van der Waals surface area contributed by atoms with Crippen LogP contribution < -0.4 is 4.74 Å². The molecule has 0 amide bonds. The largest absolute Gasteiger partial charge is 0.482 e. The molecule has 0 fully saturated rings. The molecule has 80 valence electrons. The van der Waals surface area contributed by atoms with Crippen molar-refractivity contribution in [2.24, 2.45) is 0 Å². The summed E-state index contributed by atoms with van der Waals surface area (Å²) >= 11 is 0. The van der Waals surface area contributed by atoms with Crippen LogP contribution in [0.2, 0.25) is 0 Å². The first-order chi connectivity index (χ1) is 7.08. The minimum Gasteiger partial charge on any atom is -0.482 e. The Kier molecular flexibility index (Phi) is 3.85. The Labute approximate surface area is 87.5 Å². The van der Waals surface area contributed by atoms with Gasteiger partial charge in [-0.05, 0) is 24.6 Å². The smallest absolute Gasteiger partial charge is 0.341 e. The average molecular weight is 208 g/mol.